The molecule has 2 aromatic rings. The van der Waals surface area contributed by atoms with Gasteiger partial charge in [0, 0.05) is 24.3 Å². The van der Waals surface area contributed by atoms with E-state index in [1.807, 2.05) is 0 Å². The summed E-state index contributed by atoms with van der Waals surface area (Å²) in [4.78, 5) is 0. The second kappa shape index (κ2) is 5.82. The van der Waals surface area contributed by atoms with Crippen LogP contribution >= 0.6 is 0 Å². The molecule has 4 nitrogen and oxygen atoms in total. The van der Waals surface area contributed by atoms with Gasteiger partial charge in [0.2, 0.25) is 11.6 Å². The Morgan fingerprint density at radius 2 is 1.10 bits per heavy atom. The molecule has 0 bridgehead atoms. The molecule has 0 saturated carbocycles. The second-order valence-corrected chi connectivity index (χ2v) is 3.81. The van der Waals surface area contributed by atoms with Crippen molar-refractivity contribution < 1.29 is 37.1 Å². The molecule has 2 aromatic carbocycles. The molecule has 0 aliphatic rings. The van der Waals surface area contributed by atoms with E-state index in [1.165, 1.54) is 0 Å². The standard InChI is InChI=1S/C12H6BF4O4/c14-7-1-5(3-9(18)11(7)16)20-13-21-6-2-8(15)12(17)10(19)4-6/h1-4,18-19H. The quantitative estimate of drug-likeness (QED) is 0.673. The summed E-state index contributed by atoms with van der Waals surface area (Å²) >= 11 is 0. The van der Waals surface area contributed by atoms with Crippen LogP contribution < -0.4 is 9.31 Å². The van der Waals surface area contributed by atoms with Gasteiger partial charge in [0.15, 0.2) is 23.1 Å². The van der Waals surface area contributed by atoms with Gasteiger partial charge in [0.1, 0.15) is 11.5 Å². The monoisotopic (exact) mass is 301 g/mol. The number of phenols is 2. The Balaban J connectivity index is 2.02. The lowest BCUT2D eigenvalue weighted by atomic mass is 10.2. The molecule has 0 fully saturated rings. The molecule has 0 spiro atoms. The fourth-order valence-corrected chi connectivity index (χ4v) is 1.37. The van der Waals surface area contributed by atoms with Gasteiger partial charge in [-0.05, 0) is 0 Å². The Kier molecular flexibility index (Phi) is 4.11. The van der Waals surface area contributed by atoms with Gasteiger partial charge in [0.05, 0.1) is 0 Å². The van der Waals surface area contributed by atoms with E-state index in [1.54, 1.807) is 0 Å². The molecule has 109 valence electrons. The summed E-state index contributed by atoms with van der Waals surface area (Å²) in [5.41, 5.74) is 0. The summed E-state index contributed by atoms with van der Waals surface area (Å²) in [6, 6.07) is 2.83. The number of benzene rings is 2. The molecule has 0 aliphatic heterocycles. The summed E-state index contributed by atoms with van der Waals surface area (Å²) in [5.74, 6) is -8.08. The summed E-state index contributed by atoms with van der Waals surface area (Å²) in [6.45, 7) is 0. The van der Waals surface area contributed by atoms with E-state index in [0.717, 1.165) is 12.1 Å². The third-order valence-electron chi connectivity index (χ3n) is 2.33. The van der Waals surface area contributed by atoms with Crippen LogP contribution in [0.15, 0.2) is 24.3 Å². The lowest BCUT2D eigenvalue weighted by Crippen LogP contribution is -2.11. The molecule has 2 rings (SSSR count). The van der Waals surface area contributed by atoms with Crippen LogP contribution in [-0.2, 0) is 0 Å². The SMILES string of the molecule is Oc1cc(O[B]Oc2cc(O)c(F)c(F)c2)cc(F)c1F. The Bertz CT molecular complexity index is 577. The summed E-state index contributed by atoms with van der Waals surface area (Å²) in [5, 5.41) is 18.1. The van der Waals surface area contributed by atoms with Gasteiger partial charge in [-0.2, -0.15) is 8.78 Å². The minimum absolute atomic E-state index is 0.293. The van der Waals surface area contributed by atoms with Gasteiger partial charge in [-0.1, -0.05) is 0 Å². The van der Waals surface area contributed by atoms with Crippen LogP contribution in [0.5, 0.6) is 23.0 Å². The molecule has 1 radical (unpaired) electrons. The predicted molar refractivity (Wildman–Crippen MR) is 63.1 cm³/mol. The van der Waals surface area contributed by atoms with Crippen LogP contribution in [-0.4, -0.2) is 17.9 Å². The second-order valence-electron chi connectivity index (χ2n) is 3.81. The first-order valence-corrected chi connectivity index (χ1v) is 5.39. The molecule has 0 unspecified atom stereocenters. The molecular weight excluding hydrogens is 295 g/mol. The Morgan fingerprint density at radius 1 is 0.714 bits per heavy atom. The van der Waals surface area contributed by atoms with Gasteiger partial charge >= 0.3 is 7.69 Å². The van der Waals surface area contributed by atoms with E-state index >= 15 is 0 Å². The van der Waals surface area contributed by atoms with E-state index in [0.29, 0.717) is 19.8 Å². The van der Waals surface area contributed by atoms with Gasteiger partial charge in [-0.15, -0.1) is 0 Å². The fraction of sp³-hybridized carbons (Fsp3) is 0. The van der Waals surface area contributed by atoms with E-state index in [2.05, 4.69) is 0 Å². The topological polar surface area (TPSA) is 58.9 Å². The molecule has 0 aliphatic carbocycles. The van der Waals surface area contributed by atoms with Crippen LogP contribution in [0, 0.1) is 23.3 Å². The maximum absolute atomic E-state index is 12.9. The third kappa shape index (κ3) is 3.30. The van der Waals surface area contributed by atoms with Crippen LogP contribution in [0.1, 0.15) is 0 Å². The van der Waals surface area contributed by atoms with E-state index in [-0.39, 0.29) is 11.5 Å². The first-order valence-electron chi connectivity index (χ1n) is 5.39. The molecule has 0 aromatic heterocycles. The first kappa shape index (κ1) is 14.8. The van der Waals surface area contributed by atoms with Crippen molar-refractivity contribution in [1.82, 2.24) is 0 Å². The van der Waals surface area contributed by atoms with Crippen molar-refractivity contribution in [2.45, 2.75) is 0 Å². The minimum atomic E-state index is -1.44. The Hall–Kier alpha value is -2.58. The first-order chi connectivity index (χ1) is 9.88. The van der Waals surface area contributed by atoms with E-state index in [4.69, 9.17) is 19.5 Å². The van der Waals surface area contributed by atoms with Crippen molar-refractivity contribution in [3.8, 4) is 23.0 Å². The molecular formula is C12H6BF4O4. The zero-order valence-electron chi connectivity index (χ0n) is 10.1. The van der Waals surface area contributed by atoms with Crippen molar-refractivity contribution in [2.24, 2.45) is 0 Å². The van der Waals surface area contributed by atoms with E-state index < -0.39 is 34.8 Å². The molecule has 0 amide bonds. The average Bonchev–Trinajstić information content (AvgIpc) is 2.42. The molecule has 0 saturated heterocycles. The number of hydrogen-bond acceptors (Lipinski definition) is 4. The maximum atomic E-state index is 12.9. The normalized spacial score (nSPS) is 10.3. The van der Waals surface area contributed by atoms with Crippen molar-refractivity contribution in [3.63, 3.8) is 0 Å². The van der Waals surface area contributed by atoms with Crippen molar-refractivity contribution in [3.05, 3.63) is 47.5 Å². The van der Waals surface area contributed by atoms with E-state index in [9.17, 15) is 17.6 Å². The number of phenolic OH excluding ortho intramolecular Hbond substituents is 2. The van der Waals surface area contributed by atoms with Gasteiger partial charge in [-0.3, -0.25) is 0 Å². The molecule has 9 heteroatoms. The number of rotatable bonds is 4. The highest BCUT2D eigenvalue weighted by atomic mass is 19.2. The van der Waals surface area contributed by atoms with Crippen molar-refractivity contribution in [2.75, 3.05) is 0 Å². The number of aromatic hydroxyl groups is 2. The van der Waals surface area contributed by atoms with Gasteiger partial charge in [0.25, 0.3) is 0 Å². The van der Waals surface area contributed by atoms with Crippen LogP contribution in [0.3, 0.4) is 0 Å². The third-order valence-corrected chi connectivity index (χ3v) is 2.33. The van der Waals surface area contributed by atoms with Crippen LogP contribution in [0.25, 0.3) is 0 Å². The molecule has 0 atom stereocenters. The fourth-order valence-electron chi connectivity index (χ4n) is 1.37. The lowest BCUT2D eigenvalue weighted by Gasteiger charge is -2.08. The van der Waals surface area contributed by atoms with Crippen molar-refractivity contribution in [1.29, 1.82) is 0 Å². The Morgan fingerprint density at radius 3 is 1.43 bits per heavy atom. The average molecular weight is 301 g/mol. The minimum Gasteiger partial charge on any atom is -0.526 e. The highest BCUT2D eigenvalue weighted by molar-refractivity contribution is 6.20. The molecule has 0 heterocycles. The summed E-state index contributed by atoms with van der Waals surface area (Å²) in [6.07, 6.45) is 0. The zero-order chi connectivity index (χ0) is 15.6. The predicted octanol–water partition coefficient (Wildman–Crippen LogP) is 2.65. The number of hydrogen-bond donors (Lipinski definition) is 2. The molecule has 2 N–H and O–H groups in total. The van der Waals surface area contributed by atoms with Gasteiger partial charge in [-0.25, -0.2) is 8.78 Å². The largest absolute Gasteiger partial charge is 0.658 e. The molecule has 21 heavy (non-hydrogen) atoms. The van der Waals surface area contributed by atoms with Crippen LogP contribution in [0.4, 0.5) is 17.6 Å². The lowest BCUT2D eigenvalue weighted by molar-refractivity contribution is 0.391. The van der Waals surface area contributed by atoms with Gasteiger partial charge < -0.3 is 19.5 Å². The summed E-state index contributed by atoms with van der Waals surface area (Å²) < 4.78 is 60.9. The Labute approximate surface area is 116 Å². The van der Waals surface area contributed by atoms with Crippen molar-refractivity contribution >= 4 is 7.69 Å². The highest BCUT2D eigenvalue weighted by Crippen LogP contribution is 2.27. The zero-order valence-corrected chi connectivity index (χ0v) is 10.1. The summed E-state index contributed by atoms with van der Waals surface area (Å²) in [7, 11) is 0.595. The van der Waals surface area contributed by atoms with Crippen LogP contribution in [0.2, 0.25) is 0 Å². The number of halogens is 4. The maximum Gasteiger partial charge on any atom is 0.658 e. The highest BCUT2D eigenvalue weighted by Gasteiger charge is 2.14. The smallest absolute Gasteiger partial charge is 0.526 e.